The Labute approximate surface area is 111 Å². The number of rotatable bonds is 2. The quantitative estimate of drug-likeness (QED) is 0.902. The van der Waals surface area contributed by atoms with Gasteiger partial charge in [0.2, 0.25) is 5.13 Å². The summed E-state index contributed by atoms with van der Waals surface area (Å²) in [6, 6.07) is 4.16. The third kappa shape index (κ3) is 2.51. The lowest BCUT2D eigenvalue weighted by Gasteiger charge is -2.18. The molecule has 18 heavy (non-hydrogen) atoms. The SMILES string of the molecule is CNc1nnc(-c2ccc(C(C)(C)C)nc2C)s1. The lowest BCUT2D eigenvalue weighted by Crippen LogP contribution is -2.14. The van der Waals surface area contributed by atoms with E-state index in [4.69, 9.17) is 0 Å². The molecule has 2 rings (SSSR count). The van der Waals surface area contributed by atoms with Gasteiger partial charge in [-0.1, -0.05) is 32.1 Å². The highest BCUT2D eigenvalue weighted by Gasteiger charge is 2.17. The van der Waals surface area contributed by atoms with Crippen LogP contribution in [0.3, 0.4) is 0 Å². The molecule has 0 amide bonds. The van der Waals surface area contributed by atoms with Gasteiger partial charge in [0.1, 0.15) is 0 Å². The van der Waals surface area contributed by atoms with Crippen LogP contribution in [0.15, 0.2) is 12.1 Å². The third-order valence-electron chi connectivity index (χ3n) is 2.72. The Morgan fingerprint density at radius 2 is 1.89 bits per heavy atom. The summed E-state index contributed by atoms with van der Waals surface area (Å²) in [5.41, 5.74) is 3.23. The van der Waals surface area contributed by atoms with Gasteiger partial charge in [-0.15, -0.1) is 10.2 Å². The normalized spacial score (nSPS) is 11.6. The predicted molar refractivity (Wildman–Crippen MR) is 76.1 cm³/mol. The van der Waals surface area contributed by atoms with Crippen LogP contribution in [0.5, 0.6) is 0 Å². The fraction of sp³-hybridized carbons (Fsp3) is 0.462. The molecule has 0 bridgehead atoms. The maximum absolute atomic E-state index is 4.67. The molecule has 0 fully saturated rings. The van der Waals surface area contributed by atoms with Gasteiger partial charge in [0.15, 0.2) is 5.01 Å². The highest BCUT2D eigenvalue weighted by atomic mass is 32.1. The zero-order valence-corrected chi connectivity index (χ0v) is 12.2. The van der Waals surface area contributed by atoms with Crippen molar-refractivity contribution in [1.29, 1.82) is 0 Å². The first-order chi connectivity index (χ1) is 8.41. The second kappa shape index (κ2) is 4.65. The average molecular weight is 262 g/mol. The number of hydrogen-bond donors (Lipinski definition) is 1. The van der Waals surface area contributed by atoms with Crippen molar-refractivity contribution in [2.45, 2.75) is 33.1 Å². The molecule has 0 saturated carbocycles. The lowest BCUT2D eigenvalue weighted by atomic mass is 9.91. The van der Waals surface area contributed by atoms with Crippen molar-refractivity contribution in [2.75, 3.05) is 12.4 Å². The van der Waals surface area contributed by atoms with Gasteiger partial charge >= 0.3 is 0 Å². The summed E-state index contributed by atoms with van der Waals surface area (Å²) >= 11 is 1.54. The Kier molecular flexibility index (Phi) is 3.34. The molecule has 0 unspecified atom stereocenters. The van der Waals surface area contributed by atoms with E-state index < -0.39 is 0 Å². The molecular formula is C13H18N4S. The third-order valence-corrected chi connectivity index (χ3v) is 3.70. The summed E-state index contributed by atoms with van der Waals surface area (Å²) in [6.07, 6.45) is 0. The molecule has 0 atom stereocenters. The van der Waals surface area contributed by atoms with Gasteiger partial charge in [-0.05, 0) is 19.1 Å². The summed E-state index contributed by atoms with van der Waals surface area (Å²) in [7, 11) is 1.85. The Bertz CT molecular complexity index is 554. The van der Waals surface area contributed by atoms with E-state index in [0.29, 0.717) is 0 Å². The van der Waals surface area contributed by atoms with Crippen molar-refractivity contribution in [3.8, 4) is 10.6 Å². The van der Waals surface area contributed by atoms with Gasteiger partial charge in [-0.2, -0.15) is 0 Å². The van der Waals surface area contributed by atoms with Gasteiger partial charge in [0.25, 0.3) is 0 Å². The summed E-state index contributed by atoms with van der Waals surface area (Å²) < 4.78 is 0. The first-order valence-electron chi connectivity index (χ1n) is 5.91. The van der Waals surface area contributed by atoms with Crippen molar-refractivity contribution in [2.24, 2.45) is 0 Å². The van der Waals surface area contributed by atoms with Gasteiger partial charge in [0.05, 0.1) is 0 Å². The average Bonchev–Trinajstić information content (AvgIpc) is 2.76. The standard InChI is InChI=1S/C13H18N4S/c1-8-9(11-16-17-12(14-5)18-11)6-7-10(15-8)13(2,3)4/h6-7H,1-5H3,(H,14,17). The van der Waals surface area contributed by atoms with Crippen LogP contribution in [0.25, 0.3) is 10.6 Å². The van der Waals surface area contributed by atoms with E-state index in [1.54, 1.807) is 11.3 Å². The van der Waals surface area contributed by atoms with Gasteiger partial charge < -0.3 is 5.32 Å². The first kappa shape index (κ1) is 13.0. The highest BCUT2D eigenvalue weighted by molar-refractivity contribution is 7.18. The number of aryl methyl sites for hydroxylation is 1. The Morgan fingerprint density at radius 1 is 1.17 bits per heavy atom. The van der Waals surface area contributed by atoms with Gasteiger partial charge in [-0.3, -0.25) is 4.98 Å². The van der Waals surface area contributed by atoms with E-state index in [-0.39, 0.29) is 5.41 Å². The molecule has 0 radical (unpaired) electrons. The van der Waals surface area contributed by atoms with Crippen LogP contribution in [0.1, 0.15) is 32.2 Å². The molecule has 0 saturated heterocycles. The maximum atomic E-state index is 4.67. The molecule has 1 N–H and O–H groups in total. The van der Waals surface area contributed by atoms with Crippen LogP contribution in [0, 0.1) is 6.92 Å². The number of nitrogens with zero attached hydrogens (tertiary/aromatic N) is 3. The number of aromatic nitrogens is 3. The minimum atomic E-state index is 0.0700. The molecule has 0 aliphatic rings. The monoisotopic (exact) mass is 262 g/mol. The van der Waals surface area contributed by atoms with E-state index in [1.165, 1.54) is 0 Å². The molecule has 4 nitrogen and oxygen atoms in total. The summed E-state index contributed by atoms with van der Waals surface area (Å²) in [6.45, 7) is 8.51. The van der Waals surface area contributed by atoms with E-state index in [9.17, 15) is 0 Å². The smallest absolute Gasteiger partial charge is 0.205 e. The molecule has 0 aliphatic carbocycles. The van der Waals surface area contributed by atoms with E-state index in [0.717, 1.165) is 27.1 Å². The maximum Gasteiger partial charge on any atom is 0.205 e. The second-order valence-corrected chi connectivity index (χ2v) is 6.22. The Morgan fingerprint density at radius 3 is 2.39 bits per heavy atom. The van der Waals surface area contributed by atoms with Crippen LogP contribution < -0.4 is 5.32 Å². The summed E-state index contributed by atoms with van der Waals surface area (Å²) in [5, 5.41) is 13.0. The molecule has 0 aromatic carbocycles. The molecule has 2 heterocycles. The number of pyridine rings is 1. The number of nitrogens with one attached hydrogen (secondary N) is 1. The molecule has 0 spiro atoms. The minimum Gasteiger partial charge on any atom is -0.363 e. The van der Waals surface area contributed by atoms with Crippen molar-refractivity contribution in [3.05, 3.63) is 23.5 Å². The molecule has 0 aliphatic heterocycles. The second-order valence-electron chi connectivity index (χ2n) is 5.24. The van der Waals surface area contributed by atoms with Crippen LogP contribution in [-0.2, 0) is 5.41 Å². The molecule has 2 aromatic heterocycles. The van der Waals surface area contributed by atoms with Crippen molar-refractivity contribution in [3.63, 3.8) is 0 Å². The highest BCUT2D eigenvalue weighted by Crippen LogP contribution is 2.30. The van der Waals surface area contributed by atoms with E-state index in [2.05, 4.69) is 53.4 Å². The summed E-state index contributed by atoms with van der Waals surface area (Å²) in [4.78, 5) is 4.67. The molecular weight excluding hydrogens is 244 g/mol. The Hall–Kier alpha value is -1.49. The first-order valence-corrected chi connectivity index (χ1v) is 6.73. The fourth-order valence-corrected chi connectivity index (χ4v) is 2.41. The number of hydrogen-bond acceptors (Lipinski definition) is 5. The van der Waals surface area contributed by atoms with Gasteiger partial charge in [-0.25, -0.2) is 0 Å². The lowest BCUT2D eigenvalue weighted by molar-refractivity contribution is 0.567. The topological polar surface area (TPSA) is 50.7 Å². The van der Waals surface area contributed by atoms with Gasteiger partial charge in [0, 0.05) is 29.4 Å². The largest absolute Gasteiger partial charge is 0.363 e. The zero-order chi connectivity index (χ0) is 13.3. The van der Waals surface area contributed by atoms with Crippen molar-refractivity contribution >= 4 is 16.5 Å². The molecule has 5 heteroatoms. The van der Waals surface area contributed by atoms with Crippen molar-refractivity contribution < 1.29 is 0 Å². The Balaban J connectivity index is 2.41. The van der Waals surface area contributed by atoms with E-state index in [1.807, 2.05) is 14.0 Å². The van der Waals surface area contributed by atoms with Crippen LogP contribution in [0.4, 0.5) is 5.13 Å². The molecule has 2 aromatic rings. The molecule has 96 valence electrons. The summed E-state index contributed by atoms with van der Waals surface area (Å²) in [5.74, 6) is 0. The van der Waals surface area contributed by atoms with Crippen LogP contribution >= 0.6 is 11.3 Å². The minimum absolute atomic E-state index is 0.0700. The fourth-order valence-electron chi connectivity index (χ4n) is 1.64. The predicted octanol–water partition coefficient (Wildman–Crippen LogP) is 3.25. The number of anilines is 1. The van der Waals surface area contributed by atoms with Crippen LogP contribution in [0.2, 0.25) is 0 Å². The van der Waals surface area contributed by atoms with Crippen molar-refractivity contribution in [1.82, 2.24) is 15.2 Å². The van der Waals surface area contributed by atoms with Crippen LogP contribution in [-0.4, -0.2) is 22.2 Å². The zero-order valence-electron chi connectivity index (χ0n) is 11.4. The van der Waals surface area contributed by atoms with E-state index >= 15 is 0 Å².